The zero-order valence-electron chi connectivity index (χ0n) is 6.34. The van der Waals surface area contributed by atoms with E-state index >= 15 is 0 Å². The van der Waals surface area contributed by atoms with Crippen LogP contribution in [0.2, 0.25) is 0 Å². The van der Waals surface area contributed by atoms with E-state index < -0.39 is 0 Å². The largest absolute Gasteiger partial charge is 0.480 e. The van der Waals surface area contributed by atoms with Crippen LogP contribution in [-0.4, -0.2) is 16.8 Å². The number of aromatic nitrogens is 1. The summed E-state index contributed by atoms with van der Waals surface area (Å²) in [6, 6.07) is 0. The Morgan fingerprint density at radius 3 is 3.18 bits per heavy atom. The summed E-state index contributed by atoms with van der Waals surface area (Å²) >= 11 is 4.83. The van der Waals surface area contributed by atoms with E-state index in [4.69, 9.17) is 4.74 Å². The highest BCUT2D eigenvalue weighted by Gasteiger charge is 2.03. The summed E-state index contributed by atoms with van der Waals surface area (Å²) < 4.78 is 9.16. The molecule has 0 fully saturated rings. The van der Waals surface area contributed by atoms with Crippen molar-refractivity contribution in [2.45, 2.75) is 12.8 Å². The normalized spacial score (nSPS) is 10.0. The minimum absolute atomic E-state index is 0.788. The molecule has 0 aliphatic carbocycles. The number of rotatable bonds is 4. The molecule has 0 unspecified atom stereocenters. The monoisotopic (exact) mass is 235 g/mol. The van der Waals surface area contributed by atoms with Gasteiger partial charge in [-0.15, -0.1) is 0 Å². The molecule has 0 N–H and O–H groups in total. The second-order valence-corrected chi connectivity index (χ2v) is 3.56. The molecule has 0 radical (unpaired) electrons. The predicted molar refractivity (Wildman–Crippen MR) is 50.8 cm³/mol. The van der Waals surface area contributed by atoms with E-state index in [1.54, 1.807) is 7.11 Å². The number of halogens is 1. The van der Waals surface area contributed by atoms with Crippen molar-refractivity contribution in [2.24, 2.45) is 0 Å². The molecule has 2 nitrogen and oxygen atoms in total. The maximum Gasteiger partial charge on any atom is 0.228 e. The number of nitrogens with zero attached hydrogens (tertiary/aromatic N) is 1. The summed E-state index contributed by atoms with van der Waals surface area (Å²) in [5.74, 6) is 0.788. The Bertz CT molecular complexity index is 214. The second kappa shape index (κ2) is 4.72. The lowest BCUT2D eigenvalue weighted by Gasteiger charge is -1.97. The zero-order valence-corrected chi connectivity index (χ0v) is 8.74. The van der Waals surface area contributed by atoms with E-state index in [9.17, 15) is 0 Å². The number of ether oxygens (including phenoxy) is 1. The first-order chi connectivity index (χ1) is 5.38. The number of hydrogen-bond donors (Lipinski definition) is 0. The third-order valence-corrected chi connectivity index (χ3v) is 2.60. The molecule has 0 atom stereocenters. The van der Waals surface area contributed by atoms with Crippen molar-refractivity contribution in [3.63, 3.8) is 0 Å². The predicted octanol–water partition coefficient (Wildman–Crippen LogP) is 2.48. The van der Waals surface area contributed by atoms with Gasteiger partial charge in [0.25, 0.3) is 0 Å². The first-order valence-corrected chi connectivity index (χ1v) is 5.37. The molecule has 62 valence electrons. The molecule has 0 aromatic carbocycles. The molecule has 11 heavy (non-hydrogen) atoms. The lowest BCUT2D eigenvalue weighted by Crippen LogP contribution is -1.89. The van der Waals surface area contributed by atoms with Gasteiger partial charge in [0, 0.05) is 16.3 Å². The Morgan fingerprint density at radius 1 is 1.73 bits per heavy atom. The summed E-state index contributed by atoms with van der Waals surface area (Å²) in [4.78, 5) is 0. The van der Waals surface area contributed by atoms with Gasteiger partial charge in [0.1, 0.15) is 0 Å². The van der Waals surface area contributed by atoms with Gasteiger partial charge in [-0.2, -0.15) is 4.37 Å². The van der Waals surface area contributed by atoms with Gasteiger partial charge >= 0.3 is 0 Å². The third-order valence-electron chi connectivity index (χ3n) is 1.38. The lowest BCUT2D eigenvalue weighted by atomic mass is 10.2. The third kappa shape index (κ3) is 2.45. The van der Waals surface area contributed by atoms with Crippen molar-refractivity contribution in [1.82, 2.24) is 4.37 Å². The summed E-state index contributed by atoms with van der Waals surface area (Å²) in [6.07, 6.45) is 2.18. The van der Waals surface area contributed by atoms with Crippen LogP contribution in [0.5, 0.6) is 5.88 Å². The lowest BCUT2D eigenvalue weighted by molar-refractivity contribution is 0.397. The summed E-state index contributed by atoms with van der Waals surface area (Å²) in [6.45, 7) is 0. The van der Waals surface area contributed by atoms with Gasteiger partial charge in [0.2, 0.25) is 5.88 Å². The van der Waals surface area contributed by atoms with Gasteiger partial charge in [-0.3, -0.25) is 0 Å². The maximum atomic E-state index is 5.07. The Balaban J connectivity index is 2.54. The molecule has 0 bridgehead atoms. The SMILES string of the molecule is COc1nscc1CCCBr. The van der Waals surface area contributed by atoms with E-state index in [0.717, 1.165) is 24.1 Å². The standard InChI is InChI=1S/C7H10BrNOS/c1-10-7-6(3-2-4-8)5-11-9-7/h5H,2-4H2,1H3. The van der Waals surface area contributed by atoms with E-state index in [-0.39, 0.29) is 0 Å². The number of hydrogen-bond acceptors (Lipinski definition) is 3. The average molecular weight is 236 g/mol. The molecule has 1 rings (SSSR count). The van der Waals surface area contributed by atoms with Crippen LogP contribution >= 0.6 is 27.5 Å². The smallest absolute Gasteiger partial charge is 0.228 e. The first-order valence-electron chi connectivity index (χ1n) is 3.41. The molecule has 0 aliphatic heterocycles. The molecule has 0 amide bonds. The first kappa shape index (κ1) is 9.00. The van der Waals surface area contributed by atoms with Crippen LogP contribution in [0.15, 0.2) is 5.38 Å². The van der Waals surface area contributed by atoms with Crippen molar-refractivity contribution in [1.29, 1.82) is 0 Å². The zero-order chi connectivity index (χ0) is 8.10. The summed E-state index contributed by atoms with van der Waals surface area (Å²) in [5, 5.41) is 3.08. The van der Waals surface area contributed by atoms with Crippen molar-refractivity contribution in [3.05, 3.63) is 10.9 Å². The molecule has 0 aliphatic rings. The van der Waals surface area contributed by atoms with Crippen LogP contribution in [-0.2, 0) is 6.42 Å². The topological polar surface area (TPSA) is 22.1 Å². The Labute approximate surface area is 78.9 Å². The molecule has 0 saturated heterocycles. The van der Waals surface area contributed by atoms with E-state index in [1.807, 2.05) is 5.38 Å². The molecule has 0 spiro atoms. The Hall–Kier alpha value is -0.0900. The maximum absolute atomic E-state index is 5.07. The molecule has 0 saturated carbocycles. The fraction of sp³-hybridized carbons (Fsp3) is 0.571. The van der Waals surface area contributed by atoms with Gasteiger partial charge in [0.15, 0.2) is 0 Å². The minimum atomic E-state index is 0.788. The fourth-order valence-electron chi connectivity index (χ4n) is 0.838. The summed E-state index contributed by atoms with van der Waals surface area (Å²) in [7, 11) is 1.66. The van der Waals surface area contributed by atoms with Crippen LogP contribution in [0.25, 0.3) is 0 Å². The van der Waals surface area contributed by atoms with Crippen molar-refractivity contribution < 1.29 is 4.74 Å². The number of alkyl halides is 1. The van der Waals surface area contributed by atoms with E-state index in [2.05, 4.69) is 20.3 Å². The molecule has 1 heterocycles. The van der Waals surface area contributed by atoms with Crippen LogP contribution in [0.4, 0.5) is 0 Å². The highest BCUT2D eigenvalue weighted by molar-refractivity contribution is 9.09. The van der Waals surface area contributed by atoms with E-state index in [0.29, 0.717) is 0 Å². The quantitative estimate of drug-likeness (QED) is 0.749. The van der Waals surface area contributed by atoms with Gasteiger partial charge in [0.05, 0.1) is 7.11 Å². The number of methoxy groups -OCH3 is 1. The van der Waals surface area contributed by atoms with Gasteiger partial charge < -0.3 is 4.74 Å². The van der Waals surface area contributed by atoms with Gasteiger partial charge in [-0.05, 0) is 24.4 Å². The van der Waals surface area contributed by atoms with Crippen molar-refractivity contribution >= 4 is 27.5 Å². The molecule has 1 aromatic heterocycles. The average Bonchev–Trinajstić information content (AvgIpc) is 2.47. The van der Waals surface area contributed by atoms with Crippen LogP contribution < -0.4 is 4.74 Å². The summed E-state index contributed by atoms with van der Waals surface area (Å²) in [5.41, 5.74) is 1.22. The molecule has 1 aromatic rings. The molecule has 4 heteroatoms. The van der Waals surface area contributed by atoms with E-state index in [1.165, 1.54) is 17.1 Å². The van der Waals surface area contributed by atoms with Crippen molar-refractivity contribution in [2.75, 3.05) is 12.4 Å². The molecular formula is C7H10BrNOS. The van der Waals surface area contributed by atoms with Crippen LogP contribution in [0.1, 0.15) is 12.0 Å². The Kier molecular flexibility index (Phi) is 3.86. The highest BCUT2D eigenvalue weighted by Crippen LogP contribution is 2.19. The Morgan fingerprint density at radius 2 is 2.55 bits per heavy atom. The fourth-order valence-corrected chi connectivity index (χ4v) is 1.80. The van der Waals surface area contributed by atoms with Gasteiger partial charge in [-0.25, -0.2) is 0 Å². The minimum Gasteiger partial charge on any atom is -0.480 e. The van der Waals surface area contributed by atoms with Gasteiger partial charge in [-0.1, -0.05) is 15.9 Å². The van der Waals surface area contributed by atoms with Crippen molar-refractivity contribution in [3.8, 4) is 5.88 Å². The van der Waals surface area contributed by atoms with Crippen LogP contribution in [0.3, 0.4) is 0 Å². The highest BCUT2D eigenvalue weighted by atomic mass is 79.9. The second-order valence-electron chi connectivity index (χ2n) is 2.14. The molecular weight excluding hydrogens is 226 g/mol. The van der Waals surface area contributed by atoms with Crippen LogP contribution in [0, 0.1) is 0 Å². The number of aryl methyl sites for hydroxylation is 1.